The molecule has 0 aliphatic carbocycles. The van der Waals surface area contributed by atoms with Crippen LogP contribution in [-0.4, -0.2) is 4.98 Å². The molecular formula is C13H10Br3FN2. The molecule has 2 aromatic rings. The highest BCUT2D eigenvalue weighted by Crippen LogP contribution is 2.26. The molecule has 2 N–H and O–H groups in total. The Balaban J connectivity index is 2.20. The minimum atomic E-state index is -0.278. The molecule has 19 heavy (non-hydrogen) atoms. The average Bonchev–Trinajstić information content (AvgIpc) is 2.33. The van der Waals surface area contributed by atoms with Gasteiger partial charge in [0.2, 0.25) is 0 Å². The van der Waals surface area contributed by atoms with Crippen molar-refractivity contribution in [3.05, 3.63) is 61.0 Å². The van der Waals surface area contributed by atoms with Gasteiger partial charge in [0.1, 0.15) is 5.82 Å². The van der Waals surface area contributed by atoms with Gasteiger partial charge in [-0.05, 0) is 78.0 Å². The molecule has 0 aliphatic rings. The molecule has 2 nitrogen and oxygen atoms in total. The molecule has 2 rings (SSSR count). The Morgan fingerprint density at radius 3 is 2.53 bits per heavy atom. The first-order valence-corrected chi connectivity index (χ1v) is 7.85. The summed E-state index contributed by atoms with van der Waals surface area (Å²) in [6, 6.07) is 6.55. The zero-order chi connectivity index (χ0) is 14.0. The fourth-order valence-corrected chi connectivity index (χ4v) is 3.42. The molecule has 100 valence electrons. The second kappa shape index (κ2) is 6.43. The molecule has 1 heterocycles. The number of benzene rings is 1. The summed E-state index contributed by atoms with van der Waals surface area (Å²) in [7, 11) is 0. The van der Waals surface area contributed by atoms with Crippen molar-refractivity contribution in [3.8, 4) is 0 Å². The van der Waals surface area contributed by atoms with Crippen LogP contribution in [0.5, 0.6) is 0 Å². The Morgan fingerprint density at radius 2 is 1.89 bits per heavy atom. The van der Waals surface area contributed by atoms with Gasteiger partial charge in [0.05, 0.1) is 16.2 Å². The van der Waals surface area contributed by atoms with Crippen LogP contribution >= 0.6 is 47.8 Å². The van der Waals surface area contributed by atoms with Crippen molar-refractivity contribution in [1.82, 2.24) is 4.98 Å². The smallest absolute Gasteiger partial charge is 0.137 e. The highest BCUT2D eigenvalue weighted by Gasteiger charge is 2.13. The quantitative estimate of drug-likeness (QED) is 0.729. The third kappa shape index (κ3) is 3.84. The maximum absolute atomic E-state index is 13.2. The topological polar surface area (TPSA) is 38.9 Å². The standard InChI is InChI=1S/C13H10Br3FN2/c14-8-5-10(16)13(19-6-8)12(18)4-7-1-2-11(17)9(15)3-7/h1-3,5-6,12H,4,18H2. The third-order valence-electron chi connectivity index (χ3n) is 2.63. The van der Waals surface area contributed by atoms with Crippen LogP contribution in [0.15, 0.2) is 43.9 Å². The number of hydrogen-bond donors (Lipinski definition) is 1. The van der Waals surface area contributed by atoms with Crippen LogP contribution in [-0.2, 0) is 6.42 Å². The molecule has 1 atom stereocenters. The normalized spacial score (nSPS) is 12.5. The second-order valence-electron chi connectivity index (χ2n) is 4.08. The number of rotatable bonds is 3. The minimum Gasteiger partial charge on any atom is -0.322 e. The highest BCUT2D eigenvalue weighted by atomic mass is 79.9. The van der Waals surface area contributed by atoms with Crippen LogP contribution in [0.2, 0.25) is 0 Å². The fraction of sp³-hybridized carbons (Fsp3) is 0.154. The first kappa shape index (κ1) is 15.1. The van der Waals surface area contributed by atoms with Crippen molar-refractivity contribution in [2.45, 2.75) is 12.5 Å². The van der Waals surface area contributed by atoms with Crippen LogP contribution in [0.3, 0.4) is 0 Å². The molecule has 6 heteroatoms. The maximum atomic E-state index is 13.2. The molecule has 0 fully saturated rings. The monoisotopic (exact) mass is 450 g/mol. The van der Waals surface area contributed by atoms with E-state index in [9.17, 15) is 4.39 Å². The van der Waals surface area contributed by atoms with Crippen molar-refractivity contribution in [1.29, 1.82) is 0 Å². The van der Waals surface area contributed by atoms with E-state index in [-0.39, 0.29) is 11.9 Å². The molecule has 0 spiro atoms. The van der Waals surface area contributed by atoms with Crippen molar-refractivity contribution in [3.63, 3.8) is 0 Å². The average molecular weight is 453 g/mol. The summed E-state index contributed by atoms with van der Waals surface area (Å²) in [5, 5.41) is 0. The van der Waals surface area contributed by atoms with Crippen LogP contribution in [0, 0.1) is 5.82 Å². The van der Waals surface area contributed by atoms with Crippen molar-refractivity contribution >= 4 is 47.8 Å². The predicted octanol–water partition coefficient (Wildman–Crippen LogP) is 4.75. The van der Waals surface area contributed by atoms with E-state index in [1.54, 1.807) is 18.3 Å². The first-order chi connectivity index (χ1) is 8.97. The van der Waals surface area contributed by atoms with Crippen LogP contribution in [0.25, 0.3) is 0 Å². The number of nitrogens with two attached hydrogens (primary N) is 1. The zero-order valence-corrected chi connectivity index (χ0v) is 14.5. The first-order valence-electron chi connectivity index (χ1n) is 5.48. The maximum Gasteiger partial charge on any atom is 0.137 e. The second-order valence-corrected chi connectivity index (χ2v) is 6.70. The molecule has 1 aromatic carbocycles. The van der Waals surface area contributed by atoms with E-state index < -0.39 is 0 Å². The number of halogens is 4. The van der Waals surface area contributed by atoms with E-state index in [1.807, 2.05) is 6.07 Å². The highest BCUT2D eigenvalue weighted by molar-refractivity contribution is 9.11. The molecule has 1 aromatic heterocycles. The summed E-state index contributed by atoms with van der Waals surface area (Å²) >= 11 is 9.96. The number of pyridine rings is 1. The van der Waals surface area contributed by atoms with Gasteiger partial charge in [0.25, 0.3) is 0 Å². The van der Waals surface area contributed by atoms with E-state index in [1.165, 1.54) is 6.07 Å². The number of nitrogens with zero attached hydrogens (tertiary/aromatic N) is 1. The Bertz CT molecular complexity index is 604. The summed E-state index contributed by atoms with van der Waals surface area (Å²) in [5.41, 5.74) is 7.89. The Kier molecular flexibility index (Phi) is 5.11. The number of hydrogen-bond acceptors (Lipinski definition) is 2. The summed E-state index contributed by atoms with van der Waals surface area (Å²) in [4.78, 5) is 4.31. The van der Waals surface area contributed by atoms with Gasteiger partial charge in [0, 0.05) is 15.1 Å². The Hall–Kier alpha value is -0.300. The van der Waals surface area contributed by atoms with Gasteiger partial charge < -0.3 is 5.73 Å². The van der Waals surface area contributed by atoms with E-state index in [0.717, 1.165) is 20.2 Å². The largest absolute Gasteiger partial charge is 0.322 e. The fourth-order valence-electron chi connectivity index (χ4n) is 1.72. The van der Waals surface area contributed by atoms with Gasteiger partial charge in [-0.3, -0.25) is 4.98 Å². The van der Waals surface area contributed by atoms with E-state index in [4.69, 9.17) is 5.73 Å². The summed E-state index contributed by atoms with van der Waals surface area (Å²) in [5.74, 6) is -0.278. The predicted molar refractivity (Wildman–Crippen MR) is 84.4 cm³/mol. The van der Waals surface area contributed by atoms with Gasteiger partial charge in [-0.1, -0.05) is 6.07 Å². The van der Waals surface area contributed by atoms with E-state index >= 15 is 0 Å². The molecule has 0 bridgehead atoms. The van der Waals surface area contributed by atoms with Gasteiger partial charge >= 0.3 is 0 Å². The van der Waals surface area contributed by atoms with Gasteiger partial charge in [-0.25, -0.2) is 4.39 Å². The van der Waals surface area contributed by atoms with Gasteiger partial charge in [-0.15, -0.1) is 0 Å². The molecule has 0 saturated heterocycles. The van der Waals surface area contributed by atoms with Gasteiger partial charge in [-0.2, -0.15) is 0 Å². The lowest BCUT2D eigenvalue weighted by atomic mass is 10.0. The molecular weight excluding hydrogens is 443 g/mol. The molecule has 0 radical (unpaired) electrons. The zero-order valence-electron chi connectivity index (χ0n) is 9.71. The number of aromatic nitrogens is 1. The Labute approximate surface area is 136 Å². The third-order valence-corrected chi connectivity index (χ3v) is 4.30. The molecule has 0 aliphatic heterocycles. The van der Waals surface area contributed by atoms with Crippen molar-refractivity contribution in [2.24, 2.45) is 5.73 Å². The van der Waals surface area contributed by atoms with Gasteiger partial charge in [0.15, 0.2) is 0 Å². The summed E-state index contributed by atoms with van der Waals surface area (Å²) in [6.07, 6.45) is 2.30. The van der Waals surface area contributed by atoms with Crippen LogP contribution < -0.4 is 5.73 Å². The van der Waals surface area contributed by atoms with E-state index in [2.05, 4.69) is 52.8 Å². The molecule has 1 unspecified atom stereocenters. The molecule has 0 saturated carbocycles. The summed E-state index contributed by atoms with van der Waals surface area (Å²) in [6.45, 7) is 0. The minimum absolute atomic E-state index is 0.250. The molecule has 0 amide bonds. The van der Waals surface area contributed by atoms with Crippen LogP contribution in [0.4, 0.5) is 4.39 Å². The lowest BCUT2D eigenvalue weighted by molar-refractivity contribution is 0.618. The Morgan fingerprint density at radius 1 is 1.16 bits per heavy atom. The lowest BCUT2D eigenvalue weighted by Gasteiger charge is -2.13. The van der Waals surface area contributed by atoms with Crippen molar-refractivity contribution < 1.29 is 4.39 Å². The van der Waals surface area contributed by atoms with Crippen LogP contribution in [0.1, 0.15) is 17.3 Å². The van der Waals surface area contributed by atoms with Crippen molar-refractivity contribution in [2.75, 3.05) is 0 Å². The SMILES string of the molecule is NC(Cc1ccc(F)c(Br)c1)c1ncc(Br)cc1Br. The lowest BCUT2D eigenvalue weighted by Crippen LogP contribution is -2.15. The summed E-state index contributed by atoms with van der Waals surface area (Å²) < 4.78 is 15.4. The van der Waals surface area contributed by atoms with E-state index in [0.29, 0.717) is 10.9 Å².